The maximum Gasteiger partial charge on any atom is 0.305 e. The molecule has 22 heavy (non-hydrogen) atoms. The van der Waals surface area contributed by atoms with E-state index in [4.69, 9.17) is 18.9 Å². The first-order chi connectivity index (χ1) is 10.7. The molecule has 0 bridgehead atoms. The number of carbonyl (C=O) groups excluding carboxylic acids is 2. The Bertz CT molecular complexity index is 315. The molecule has 2 unspecified atom stereocenters. The third-order valence-electron chi connectivity index (χ3n) is 3.68. The molecule has 0 spiro atoms. The highest BCUT2D eigenvalue weighted by molar-refractivity contribution is 5.69. The van der Waals surface area contributed by atoms with Gasteiger partial charge in [0.2, 0.25) is 0 Å². The van der Waals surface area contributed by atoms with Crippen LogP contribution >= 0.6 is 0 Å². The van der Waals surface area contributed by atoms with Crippen LogP contribution in [0.1, 0.15) is 51.4 Å². The molecule has 0 saturated carbocycles. The lowest BCUT2D eigenvalue weighted by atomic mass is 10.1. The number of rotatable bonds is 13. The molecule has 0 aliphatic carbocycles. The van der Waals surface area contributed by atoms with Crippen LogP contribution in [0, 0.1) is 0 Å². The average molecular weight is 314 g/mol. The minimum Gasteiger partial charge on any atom is -0.463 e. The number of epoxide rings is 2. The summed E-state index contributed by atoms with van der Waals surface area (Å²) in [5.41, 5.74) is 0. The van der Waals surface area contributed by atoms with Gasteiger partial charge in [0.05, 0.1) is 13.2 Å². The van der Waals surface area contributed by atoms with Crippen molar-refractivity contribution in [3.05, 3.63) is 0 Å². The highest BCUT2D eigenvalue weighted by Crippen LogP contribution is 2.12. The number of esters is 2. The zero-order valence-corrected chi connectivity index (χ0v) is 13.1. The van der Waals surface area contributed by atoms with Gasteiger partial charge in [-0.25, -0.2) is 0 Å². The second-order valence-corrected chi connectivity index (χ2v) is 5.90. The van der Waals surface area contributed by atoms with E-state index < -0.39 is 0 Å². The fourth-order valence-electron chi connectivity index (χ4n) is 2.09. The van der Waals surface area contributed by atoms with Gasteiger partial charge in [-0.1, -0.05) is 25.7 Å². The van der Waals surface area contributed by atoms with Gasteiger partial charge in [-0.05, 0) is 12.8 Å². The highest BCUT2D eigenvalue weighted by atomic mass is 16.6. The molecule has 0 radical (unpaired) electrons. The van der Waals surface area contributed by atoms with E-state index in [9.17, 15) is 9.59 Å². The van der Waals surface area contributed by atoms with E-state index >= 15 is 0 Å². The van der Waals surface area contributed by atoms with Crippen LogP contribution in [0.5, 0.6) is 0 Å². The van der Waals surface area contributed by atoms with Gasteiger partial charge in [0.25, 0.3) is 0 Å². The number of ether oxygens (including phenoxy) is 4. The molecule has 0 aromatic rings. The number of carbonyl (C=O) groups is 2. The first-order valence-corrected chi connectivity index (χ1v) is 8.28. The first-order valence-electron chi connectivity index (χ1n) is 8.28. The van der Waals surface area contributed by atoms with E-state index in [2.05, 4.69) is 0 Å². The highest BCUT2D eigenvalue weighted by Gasteiger charge is 2.24. The normalized spacial score (nSPS) is 22.2. The van der Waals surface area contributed by atoms with E-state index in [-0.39, 0.29) is 24.1 Å². The van der Waals surface area contributed by atoms with Crippen LogP contribution in [0.3, 0.4) is 0 Å². The predicted octanol–water partition coefficient (Wildman–Crippen LogP) is 1.99. The Balaban J connectivity index is 1.28. The first kappa shape index (κ1) is 17.2. The quantitative estimate of drug-likeness (QED) is 0.294. The molecule has 6 nitrogen and oxygen atoms in total. The molecular weight excluding hydrogens is 288 g/mol. The molecule has 0 aromatic heterocycles. The molecule has 126 valence electrons. The van der Waals surface area contributed by atoms with Gasteiger partial charge in [0, 0.05) is 12.8 Å². The zero-order chi connectivity index (χ0) is 15.6. The number of hydrogen-bond donors (Lipinski definition) is 0. The van der Waals surface area contributed by atoms with Gasteiger partial charge < -0.3 is 18.9 Å². The van der Waals surface area contributed by atoms with Gasteiger partial charge >= 0.3 is 11.9 Å². The van der Waals surface area contributed by atoms with Gasteiger partial charge in [0.15, 0.2) is 0 Å². The lowest BCUT2D eigenvalue weighted by molar-refractivity contribution is -0.145. The van der Waals surface area contributed by atoms with Gasteiger partial charge in [-0.2, -0.15) is 0 Å². The topological polar surface area (TPSA) is 77.7 Å². The van der Waals surface area contributed by atoms with Crippen molar-refractivity contribution in [2.75, 3.05) is 26.4 Å². The van der Waals surface area contributed by atoms with E-state index in [0.29, 0.717) is 26.1 Å². The van der Waals surface area contributed by atoms with Crippen molar-refractivity contribution in [2.45, 2.75) is 63.6 Å². The summed E-state index contributed by atoms with van der Waals surface area (Å²) < 4.78 is 20.1. The second-order valence-electron chi connectivity index (χ2n) is 5.90. The smallest absolute Gasteiger partial charge is 0.305 e. The van der Waals surface area contributed by atoms with E-state index in [1.54, 1.807) is 0 Å². The Morgan fingerprint density at radius 1 is 0.727 bits per heavy atom. The molecule has 2 aliphatic rings. The molecule has 2 fully saturated rings. The molecule has 2 aliphatic heterocycles. The summed E-state index contributed by atoms with van der Waals surface area (Å²) >= 11 is 0. The monoisotopic (exact) mass is 314 g/mol. The molecule has 2 atom stereocenters. The molecule has 2 saturated heterocycles. The molecule has 0 amide bonds. The summed E-state index contributed by atoms with van der Waals surface area (Å²) in [6.07, 6.45) is 7.23. The Morgan fingerprint density at radius 2 is 1.09 bits per heavy atom. The van der Waals surface area contributed by atoms with E-state index in [1.807, 2.05) is 0 Å². The minimum atomic E-state index is -0.127. The molecule has 2 rings (SSSR count). The Kier molecular flexibility index (Phi) is 7.66. The Labute approximate surface area is 131 Å². The summed E-state index contributed by atoms with van der Waals surface area (Å²) in [7, 11) is 0. The number of hydrogen-bond acceptors (Lipinski definition) is 6. The van der Waals surface area contributed by atoms with Crippen molar-refractivity contribution in [2.24, 2.45) is 0 Å². The van der Waals surface area contributed by atoms with Gasteiger partial charge in [0.1, 0.15) is 25.4 Å². The molecule has 0 aromatic carbocycles. The van der Waals surface area contributed by atoms with Crippen molar-refractivity contribution in [1.82, 2.24) is 0 Å². The van der Waals surface area contributed by atoms with Gasteiger partial charge in [-0.3, -0.25) is 9.59 Å². The molecular formula is C16H26O6. The third kappa shape index (κ3) is 9.00. The maximum absolute atomic E-state index is 11.4. The van der Waals surface area contributed by atoms with Crippen molar-refractivity contribution in [1.29, 1.82) is 0 Å². The summed E-state index contributed by atoms with van der Waals surface area (Å²) in [6.45, 7) is 2.24. The van der Waals surface area contributed by atoms with Crippen LogP contribution in [0.2, 0.25) is 0 Å². The summed E-state index contributed by atoms with van der Waals surface area (Å²) in [6, 6.07) is 0. The van der Waals surface area contributed by atoms with E-state index in [0.717, 1.165) is 51.7 Å². The Hall–Kier alpha value is -1.14. The minimum absolute atomic E-state index is 0.127. The number of unbranched alkanes of at least 4 members (excludes halogenated alkanes) is 5. The largest absolute Gasteiger partial charge is 0.463 e. The van der Waals surface area contributed by atoms with Crippen LogP contribution in [0.15, 0.2) is 0 Å². The van der Waals surface area contributed by atoms with Crippen molar-refractivity contribution < 1.29 is 28.5 Å². The predicted molar refractivity (Wildman–Crippen MR) is 78.3 cm³/mol. The summed E-state index contributed by atoms with van der Waals surface area (Å²) in [4.78, 5) is 22.7. The molecule has 2 heterocycles. The standard InChI is InChI=1S/C16H26O6/c17-15(21-11-13-9-19-13)7-5-3-1-2-4-6-8-16(18)22-12-14-10-20-14/h13-14H,1-12H2. The summed E-state index contributed by atoms with van der Waals surface area (Å²) in [5.74, 6) is -0.254. The van der Waals surface area contributed by atoms with Crippen LogP contribution < -0.4 is 0 Å². The van der Waals surface area contributed by atoms with Gasteiger partial charge in [-0.15, -0.1) is 0 Å². The summed E-state index contributed by atoms with van der Waals surface area (Å²) in [5, 5.41) is 0. The van der Waals surface area contributed by atoms with Crippen LogP contribution in [0.4, 0.5) is 0 Å². The molecule has 6 heteroatoms. The second kappa shape index (κ2) is 9.79. The van der Waals surface area contributed by atoms with E-state index in [1.165, 1.54) is 0 Å². The zero-order valence-electron chi connectivity index (χ0n) is 13.1. The lowest BCUT2D eigenvalue weighted by Crippen LogP contribution is -2.09. The maximum atomic E-state index is 11.4. The SMILES string of the molecule is O=C(CCCCCCCCC(=O)OCC1CO1)OCC1CO1. The Morgan fingerprint density at radius 3 is 1.45 bits per heavy atom. The van der Waals surface area contributed by atoms with Crippen molar-refractivity contribution in [3.63, 3.8) is 0 Å². The molecule has 0 N–H and O–H groups in total. The van der Waals surface area contributed by atoms with Crippen LogP contribution in [-0.4, -0.2) is 50.6 Å². The lowest BCUT2D eigenvalue weighted by Gasteiger charge is -2.04. The average Bonchev–Trinajstić information content (AvgIpc) is 3.39. The van der Waals surface area contributed by atoms with Crippen LogP contribution in [-0.2, 0) is 28.5 Å². The van der Waals surface area contributed by atoms with Crippen LogP contribution in [0.25, 0.3) is 0 Å². The fraction of sp³-hybridized carbons (Fsp3) is 0.875. The third-order valence-corrected chi connectivity index (χ3v) is 3.68. The van der Waals surface area contributed by atoms with Crippen molar-refractivity contribution >= 4 is 11.9 Å². The fourth-order valence-corrected chi connectivity index (χ4v) is 2.09. The van der Waals surface area contributed by atoms with Crippen molar-refractivity contribution in [3.8, 4) is 0 Å².